The highest BCUT2D eigenvalue weighted by molar-refractivity contribution is 5.77. The summed E-state index contributed by atoms with van der Waals surface area (Å²) in [5.74, 6) is 1.77. The summed E-state index contributed by atoms with van der Waals surface area (Å²) < 4.78 is 5.46. The van der Waals surface area contributed by atoms with Crippen LogP contribution >= 0.6 is 0 Å². The Labute approximate surface area is 114 Å². The number of amides is 1. The average Bonchev–Trinajstić information content (AvgIpc) is 2.35. The van der Waals surface area contributed by atoms with Gasteiger partial charge in [0, 0.05) is 25.6 Å². The Morgan fingerprint density at radius 1 is 1.37 bits per heavy atom. The number of hydrogen-bond acceptors (Lipinski definition) is 3. The molecule has 0 bridgehead atoms. The van der Waals surface area contributed by atoms with Gasteiger partial charge in [0.1, 0.15) is 5.75 Å². The SMILES string of the molecule is CC(C)c1ccc(OCC(=O)NCC2CNC2)cc1. The molecule has 1 saturated heterocycles. The maximum atomic E-state index is 11.6. The first kappa shape index (κ1) is 13.9. The molecule has 0 saturated carbocycles. The van der Waals surface area contributed by atoms with Crippen LogP contribution in [-0.2, 0) is 4.79 Å². The van der Waals surface area contributed by atoms with E-state index < -0.39 is 0 Å². The Hall–Kier alpha value is -1.55. The second-order valence-electron chi connectivity index (χ2n) is 5.34. The molecule has 1 fully saturated rings. The molecule has 4 nitrogen and oxygen atoms in total. The molecule has 1 aromatic carbocycles. The van der Waals surface area contributed by atoms with Crippen molar-refractivity contribution in [3.8, 4) is 5.75 Å². The van der Waals surface area contributed by atoms with Gasteiger partial charge < -0.3 is 15.4 Å². The fourth-order valence-electron chi connectivity index (χ4n) is 1.90. The second kappa shape index (κ2) is 6.57. The summed E-state index contributed by atoms with van der Waals surface area (Å²) in [5.41, 5.74) is 1.27. The first-order valence-corrected chi connectivity index (χ1v) is 6.85. The van der Waals surface area contributed by atoms with Crippen LogP contribution < -0.4 is 15.4 Å². The van der Waals surface area contributed by atoms with Crippen molar-refractivity contribution in [2.45, 2.75) is 19.8 Å². The third-order valence-corrected chi connectivity index (χ3v) is 3.37. The fourth-order valence-corrected chi connectivity index (χ4v) is 1.90. The Morgan fingerprint density at radius 2 is 2.05 bits per heavy atom. The van der Waals surface area contributed by atoms with Crippen molar-refractivity contribution in [1.82, 2.24) is 10.6 Å². The van der Waals surface area contributed by atoms with Crippen LogP contribution in [0.2, 0.25) is 0 Å². The monoisotopic (exact) mass is 262 g/mol. The quantitative estimate of drug-likeness (QED) is 0.817. The summed E-state index contributed by atoms with van der Waals surface area (Å²) in [6.45, 7) is 7.12. The van der Waals surface area contributed by atoms with Crippen LogP contribution in [0.3, 0.4) is 0 Å². The predicted molar refractivity (Wildman–Crippen MR) is 75.4 cm³/mol. The van der Waals surface area contributed by atoms with Crippen molar-refractivity contribution in [2.75, 3.05) is 26.2 Å². The average molecular weight is 262 g/mol. The molecule has 0 spiro atoms. The molecule has 2 N–H and O–H groups in total. The number of nitrogens with one attached hydrogen (secondary N) is 2. The Balaban J connectivity index is 1.70. The first-order chi connectivity index (χ1) is 9.15. The van der Waals surface area contributed by atoms with Crippen molar-refractivity contribution in [3.63, 3.8) is 0 Å². The summed E-state index contributed by atoms with van der Waals surface area (Å²) in [7, 11) is 0. The summed E-state index contributed by atoms with van der Waals surface area (Å²) in [6.07, 6.45) is 0. The zero-order chi connectivity index (χ0) is 13.7. The highest BCUT2D eigenvalue weighted by Crippen LogP contribution is 2.18. The zero-order valence-electron chi connectivity index (χ0n) is 11.6. The lowest BCUT2D eigenvalue weighted by atomic mass is 10.0. The van der Waals surface area contributed by atoms with Gasteiger partial charge in [-0.25, -0.2) is 0 Å². The van der Waals surface area contributed by atoms with Crippen molar-refractivity contribution in [3.05, 3.63) is 29.8 Å². The van der Waals surface area contributed by atoms with E-state index in [9.17, 15) is 4.79 Å². The standard InChI is InChI=1S/C15H22N2O2/c1-11(2)13-3-5-14(6-4-13)19-10-15(18)17-9-12-7-16-8-12/h3-6,11-12,16H,7-10H2,1-2H3,(H,17,18). The molecule has 1 aromatic rings. The molecule has 0 radical (unpaired) electrons. The highest BCUT2D eigenvalue weighted by Gasteiger charge is 2.17. The van der Waals surface area contributed by atoms with Crippen LogP contribution in [-0.4, -0.2) is 32.1 Å². The third kappa shape index (κ3) is 4.24. The van der Waals surface area contributed by atoms with Gasteiger partial charge in [-0.2, -0.15) is 0 Å². The molecule has 1 aliphatic rings. The van der Waals surface area contributed by atoms with Gasteiger partial charge in [0.25, 0.3) is 5.91 Å². The topological polar surface area (TPSA) is 50.4 Å². The van der Waals surface area contributed by atoms with Crippen molar-refractivity contribution < 1.29 is 9.53 Å². The maximum Gasteiger partial charge on any atom is 0.257 e. The van der Waals surface area contributed by atoms with Crippen molar-refractivity contribution in [2.24, 2.45) is 5.92 Å². The fraction of sp³-hybridized carbons (Fsp3) is 0.533. The molecule has 1 aliphatic heterocycles. The van der Waals surface area contributed by atoms with Gasteiger partial charge in [0.2, 0.25) is 0 Å². The van der Waals surface area contributed by atoms with Crippen LogP contribution in [0.5, 0.6) is 5.75 Å². The van der Waals surface area contributed by atoms with E-state index in [1.54, 1.807) is 0 Å². The molecule has 0 aromatic heterocycles. The summed E-state index contributed by atoms with van der Waals surface area (Å²) in [6, 6.07) is 7.91. The third-order valence-electron chi connectivity index (χ3n) is 3.37. The lowest BCUT2D eigenvalue weighted by Gasteiger charge is -2.27. The lowest BCUT2D eigenvalue weighted by molar-refractivity contribution is -0.123. The van der Waals surface area contributed by atoms with E-state index in [1.165, 1.54) is 5.56 Å². The normalized spacial score (nSPS) is 15.1. The Morgan fingerprint density at radius 3 is 2.58 bits per heavy atom. The molecule has 1 amide bonds. The van der Waals surface area contributed by atoms with Gasteiger partial charge in [0.05, 0.1) is 0 Å². The van der Waals surface area contributed by atoms with Gasteiger partial charge in [-0.05, 0) is 23.6 Å². The lowest BCUT2D eigenvalue weighted by Crippen LogP contribution is -2.48. The molecule has 1 heterocycles. The molecular formula is C15H22N2O2. The van der Waals surface area contributed by atoms with E-state index in [2.05, 4.69) is 24.5 Å². The van der Waals surface area contributed by atoms with Gasteiger partial charge in [-0.1, -0.05) is 26.0 Å². The minimum Gasteiger partial charge on any atom is -0.484 e. The predicted octanol–water partition coefficient (Wildman–Crippen LogP) is 1.52. The minimum atomic E-state index is -0.0557. The molecular weight excluding hydrogens is 240 g/mol. The summed E-state index contributed by atoms with van der Waals surface area (Å²) in [5, 5.41) is 6.06. The highest BCUT2D eigenvalue weighted by atomic mass is 16.5. The van der Waals surface area contributed by atoms with E-state index in [1.807, 2.05) is 24.3 Å². The molecule has 104 valence electrons. The number of hydrogen-bond donors (Lipinski definition) is 2. The smallest absolute Gasteiger partial charge is 0.257 e. The number of carbonyl (C=O) groups is 1. The van der Waals surface area contributed by atoms with Gasteiger partial charge >= 0.3 is 0 Å². The first-order valence-electron chi connectivity index (χ1n) is 6.85. The molecule has 0 aliphatic carbocycles. The summed E-state index contributed by atoms with van der Waals surface area (Å²) >= 11 is 0. The van der Waals surface area contributed by atoms with E-state index in [-0.39, 0.29) is 12.5 Å². The zero-order valence-corrected chi connectivity index (χ0v) is 11.6. The molecule has 19 heavy (non-hydrogen) atoms. The molecule has 0 atom stereocenters. The number of rotatable bonds is 6. The van der Waals surface area contributed by atoms with E-state index in [0.29, 0.717) is 11.8 Å². The van der Waals surface area contributed by atoms with E-state index in [0.717, 1.165) is 25.4 Å². The van der Waals surface area contributed by atoms with E-state index >= 15 is 0 Å². The van der Waals surface area contributed by atoms with E-state index in [4.69, 9.17) is 4.74 Å². The Kier molecular flexibility index (Phi) is 4.80. The molecule has 2 rings (SSSR count). The summed E-state index contributed by atoms with van der Waals surface area (Å²) in [4.78, 5) is 11.6. The van der Waals surface area contributed by atoms with Gasteiger partial charge in [-0.15, -0.1) is 0 Å². The van der Waals surface area contributed by atoms with Crippen LogP contribution in [0.25, 0.3) is 0 Å². The number of benzene rings is 1. The largest absolute Gasteiger partial charge is 0.484 e. The van der Waals surface area contributed by atoms with Crippen LogP contribution in [0, 0.1) is 5.92 Å². The van der Waals surface area contributed by atoms with Gasteiger partial charge in [-0.3, -0.25) is 4.79 Å². The van der Waals surface area contributed by atoms with Crippen LogP contribution in [0.15, 0.2) is 24.3 Å². The Bertz CT molecular complexity index is 411. The van der Waals surface area contributed by atoms with Crippen LogP contribution in [0.4, 0.5) is 0 Å². The van der Waals surface area contributed by atoms with Crippen LogP contribution in [0.1, 0.15) is 25.3 Å². The maximum absolute atomic E-state index is 11.6. The molecule has 0 unspecified atom stereocenters. The minimum absolute atomic E-state index is 0.0557. The number of ether oxygens (including phenoxy) is 1. The molecule has 4 heteroatoms. The van der Waals surface area contributed by atoms with Crippen molar-refractivity contribution in [1.29, 1.82) is 0 Å². The second-order valence-corrected chi connectivity index (χ2v) is 5.34. The van der Waals surface area contributed by atoms with Gasteiger partial charge in [0.15, 0.2) is 6.61 Å². The number of carbonyl (C=O) groups excluding carboxylic acids is 1. The van der Waals surface area contributed by atoms with Crippen molar-refractivity contribution >= 4 is 5.91 Å².